The molecule has 98 valence electrons. The molecule has 1 heterocycles. The molecule has 1 aromatic heterocycles. The molecular formula is C13H17ClN2O2. The van der Waals surface area contributed by atoms with Gasteiger partial charge < -0.3 is 5.11 Å². The Morgan fingerprint density at radius 1 is 1.44 bits per heavy atom. The summed E-state index contributed by atoms with van der Waals surface area (Å²) in [4.78, 5) is 11.8. The minimum atomic E-state index is -0.943. The zero-order valence-electron chi connectivity index (χ0n) is 10.2. The Balaban J connectivity index is 2.41. The van der Waals surface area contributed by atoms with E-state index in [0.29, 0.717) is 12.8 Å². The third kappa shape index (κ3) is 2.49. The molecule has 1 fully saturated rings. The van der Waals surface area contributed by atoms with Gasteiger partial charge in [0, 0.05) is 6.07 Å². The summed E-state index contributed by atoms with van der Waals surface area (Å²) in [7, 11) is 0. The van der Waals surface area contributed by atoms with E-state index >= 15 is 0 Å². The van der Waals surface area contributed by atoms with Crippen molar-refractivity contribution in [2.45, 2.75) is 43.7 Å². The maximum Gasteiger partial charge on any atom is 0.267 e. The highest BCUT2D eigenvalue weighted by atomic mass is 35.5. The zero-order valence-corrected chi connectivity index (χ0v) is 10.9. The first-order valence-electron chi connectivity index (χ1n) is 6.17. The highest BCUT2D eigenvalue weighted by Crippen LogP contribution is 2.36. The summed E-state index contributed by atoms with van der Waals surface area (Å²) in [6, 6.07) is 2.28. The summed E-state index contributed by atoms with van der Waals surface area (Å²) in [5, 5.41) is 14.9. The van der Waals surface area contributed by atoms with Gasteiger partial charge in [0.2, 0.25) is 0 Å². The fourth-order valence-electron chi connectivity index (χ4n) is 2.61. The van der Waals surface area contributed by atoms with Crippen molar-refractivity contribution < 1.29 is 5.11 Å². The van der Waals surface area contributed by atoms with Crippen LogP contribution in [0.2, 0.25) is 5.15 Å². The molecule has 2 rings (SSSR count). The SMILES string of the molecule is C=CC(n1nc(Cl)ccc1=O)C1(O)CCCCC1. The summed E-state index contributed by atoms with van der Waals surface area (Å²) in [5.41, 5.74) is -1.22. The van der Waals surface area contributed by atoms with Crippen LogP contribution >= 0.6 is 11.6 Å². The van der Waals surface area contributed by atoms with E-state index in [1.165, 1.54) is 16.8 Å². The Morgan fingerprint density at radius 2 is 2.11 bits per heavy atom. The van der Waals surface area contributed by atoms with Gasteiger partial charge >= 0.3 is 0 Å². The quantitative estimate of drug-likeness (QED) is 0.856. The molecule has 1 aliphatic rings. The lowest BCUT2D eigenvalue weighted by molar-refractivity contribution is -0.0324. The first-order chi connectivity index (χ1) is 8.57. The second-order valence-corrected chi connectivity index (χ2v) is 5.17. The topological polar surface area (TPSA) is 55.1 Å². The van der Waals surface area contributed by atoms with E-state index in [-0.39, 0.29) is 10.7 Å². The second-order valence-electron chi connectivity index (χ2n) is 4.78. The summed E-state index contributed by atoms with van der Waals surface area (Å²) in [6.45, 7) is 3.73. The Labute approximate surface area is 111 Å². The van der Waals surface area contributed by atoms with Crippen LogP contribution in [0.5, 0.6) is 0 Å². The molecule has 1 unspecified atom stereocenters. The van der Waals surface area contributed by atoms with E-state index < -0.39 is 11.6 Å². The normalized spacial score (nSPS) is 20.3. The molecule has 4 nitrogen and oxygen atoms in total. The van der Waals surface area contributed by atoms with Crippen LogP contribution in [-0.4, -0.2) is 20.5 Å². The summed E-state index contributed by atoms with van der Waals surface area (Å²) in [6.07, 6.45) is 5.92. The van der Waals surface area contributed by atoms with Crippen molar-refractivity contribution in [3.8, 4) is 0 Å². The third-order valence-corrected chi connectivity index (χ3v) is 3.75. The third-order valence-electron chi connectivity index (χ3n) is 3.55. The lowest BCUT2D eigenvalue weighted by Gasteiger charge is -2.37. The maximum atomic E-state index is 11.8. The average molecular weight is 269 g/mol. The number of nitrogens with zero attached hydrogens (tertiary/aromatic N) is 2. The van der Waals surface area contributed by atoms with E-state index in [9.17, 15) is 9.90 Å². The van der Waals surface area contributed by atoms with Gasteiger partial charge in [-0.2, -0.15) is 5.10 Å². The van der Waals surface area contributed by atoms with Crippen LogP contribution in [-0.2, 0) is 0 Å². The zero-order chi connectivity index (χ0) is 13.2. The van der Waals surface area contributed by atoms with Crippen LogP contribution in [0, 0.1) is 0 Å². The molecular weight excluding hydrogens is 252 g/mol. The predicted molar refractivity (Wildman–Crippen MR) is 70.8 cm³/mol. The lowest BCUT2D eigenvalue weighted by atomic mass is 9.79. The van der Waals surface area contributed by atoms with E-state index in [1.807, 2.05) is 0 Å². The number of aromatic nitrogens is 2. The number of hydrogen-bond donors (Lipinski definition) is 1. The van der Waals surface area contributed by atoms with E-state index in [0.717, 1.165) is 19.3 Å². The highest BCUT2D eigenvalue weighted by Gasteiger charge is 2.38. The molecule has 1 aliphatic carbocycles. The van der Waals surface area contributed by atoms with E-state index in [4.69, 9.17) is 11.6 Å². The first kappa shape index (κ1) is 13.3. The van der Waals surface area contributed by atoms with E-state index in [2.05, 4.69) is 11.7 Å². The molecule has 0 amide bonds. The van der Waals surface area contributed by atoms with Gasteiger partial charge in [0.25, 0.3) is 5.56 Å². The van der Waals surface area contributed by atoms with Crippen LogP contribution in [0.25, 0.3) is 0 Å². The molecule has 5 heteroatoms. The summed E-state index contributed by atoms with van der Waals surface area (Å²) >= 11 is 5.82. The smallest absolute Gasteiger partial charge is 0.267 e. The number of hydrogen-bond acceptors (Lipinski definition) is 3. The van der Waals surface area contributed by atoms with Gasteiger partial charge in [-0.05, 0) is 18.9 Å². The lowest BCUT2D eigenvalue weighted by Crippen LogP contribution is -2.44. The van der Waals surface area contributed by atoms with Gasteiger partial charge in [-0.1, -0.05) is 36.9 Å². The number of halogens is 1. The molecule has 1 atom stereocenters. The summed E-state index contributed by atoms with van der Waals surface area (Å²) in [5.74, 6) is 0. The Kier molecular flexibility index (Phi) is 3.88. The van der Waals surface area contributed by atoms with Crippen LogP contribution < -0.4 is 5.56 Å². The van der Waals surface area contributed by atoms with Gasteiger partial charge in [0.05, 0.1) is 5.60 Å². The highest BCUT2D eigenvalue weighted by molar-refractivity contribution is 6.29. The van der Waals surface area contributed by atoms with Gasteiger partial charge in [0.1, 0.15) is 11.2 Å². The molecule has 0 aliphatic heterocycles. The van der Waals surface area contributed by atoms with Gasteiger partial charge in [0.15, 0.2) is 0 Å². The first-order valence-corrected chi connectivity index (χ1v) is 6.55. The standard InChI is InChI=1S/C13H17ClN2O2/c1-2-10(13(18)8-4-3-5-9-13)16-12(17)7-6-11(14)15-16/h2,6-7,10,18H,1,3-5,8-9H2. The van der Waals surface area contributed by atoms with Crippen molar-refractivity contribution in [2.24, 2.45) is 0 Å². The molecule has 18 heavy (non-hydrogen) atoms. The van der Waals surface area contributed by atoms with Gasteiger partial charge in [-0.15, -0.1) is 6.58 Å². The van der Waals surface area contributed by atoms with Crippen LogP contribution in [0.1, 0.15) is 38.1 Å². The Bertz CT molecular complexity index is 492. The Hall–Kier alpha value is -1.13. The van der Waals surface area contributed by atoms with Crippen molar-refractivity contribution >= 4 is 11.6 Å². The number of rotatable bonds is 3. The molecule has 1 N–H and O–H groups in total. The fraction of sp³-hybridized carbons (Fsp3) is 0.538. The minimum Gasteiger partial charge on any atom is -0.387 e. The molecule has 0 spiro atoms. The molecule has 1 saturated carbocycles. The van der Waals surface area contributed by atoms with Crippen molar-refractivity contribution in [1.29, 1.82) is 0 Å². The van der Waals surface area contributed by atoms with Crippen molar-refractivity contribution in [3.63, 3.8) is 0 Å². The minimum absolute atomic E-state index is 0.237. The van der Waals surface area contributed by atoms with Gasteiger partial charge in [-0.25, -0.2) is 4.68 Å². The summed E-state index contributed by atoms with van der Waals surface area (Å²) < 4.78 is 1.24. The molecule has 0 bridgehead atoms. The van der Waals surface area contributed by atoms with Crippen LogP contribution in [0.3, 0.4) is 0 Å². The Morgan fingerprint density at radius 3 is 2.72 bits per heavy atom. The van der Waals surface area contributed by atoms with E-state index in [1.54, 1.807) is 6.08 Å². The average Bonchev–Trinajstić information content (AvgIpc) is 2.35. The maximum absolute atomic E-state index is 11.8. The van der Waals surface area contributed by atoms with Gasteiger partial charge in [-0.3, -0.25) is 4.79 Å². The van der Waals surface area contributed by atoms with Crippen molar-refractivity contribution in [3.05, 3.63) is 40.3 Å². The predicted octanol–water partition coefficient (Wildman–Crippen LogP) is 2.32. The monoisotopic (exact) mass is 268 g/mol. The molecule has 0 saturated heterocycles. The van der Waals surface area contributed by atoms with Crippen LogP contribution in [0.15, 0.2) is 29.6 Å². The van der Waals surface area contributed by atoms with Crippen molar-refractivity contribution in [2.75, 3.05) is 0 Å². The molecule has 0 aromatic carbocycles. The number of aliphatic hydroxyl groups is 1. The molecule has 0 radical (unpaired) electrons. The second kappa shape index (κ2) is 5.24. The molecule has 1 aromatic rings. The fourth-order valence-corrected chi connectivity index (χ4v) is 2.75. The van der Waals surface area contributed by atoms with Crippen molar-refractivity contribution in [1.82, 2.24) is 9.78 Å². The largest absolute Gasteiger partial charge is 0.387 e. The van der Waals surface area contributed by atoms with Crippen LogP contribution in [0.4, 0.5) is 0 Å².